The van der Waals surface area contributed by atoms with Gasteiger partial charge in [0, 0.05) is 36.5 Å². The zero-order chi connectivity index (χ0) is 20.8. The highest BCUT2D eigenvalue weighted by molar-refractivity contribution is 6.15. The number of carbonyl (C=O) groups excluding carboxylic acids is 1. The number of nitrogens with zero attached hydrogens (tertiary/aromatic N) is 1. The summed E-state index contributed by atoms with van der Waals surface area (Å²) < 4.78 is 41.4. The SMILES string of the molecule is CCC1=CN(C)c2cc(C(=O)C3=C[CH]3)cc(-c3ccc(OC(F)(F)F)cc3)c2C1. The second-order valence-electron chi connectivity index (χ2n) is 7.14. The van der Waals surface area contributed by atoms with Crippen molar-refractivity contribution in [3.63, 3.8) is 0 Å². The molecule has 0 atom stereocenters. The van der Waals surface area contributed by atoms with Gasteiger partial charge in [0.1, 0.15) is 5.75 Å². The molecule has 1 radical (unpaired) electrons. The van der Waals surface area contributed by atoms with Gasteiger partial charge >= 0.3 is 6.36 Å². The third kappa shape index (κ3) is 4.06. The summed E-state index contributed by atoms with van der Waals surface area (Å²) in [4.78, 5) is 14.6. The van der Waals surface area contributed by atoms with Crippen LogP contribution < -0.4 is 9.64 Å². The van der Waals surface area contributed by atoms with Gasteiger partial charge in [-0.2, -0.15) is 0 Å². The Morgan fingerprint density at radius 1 is 1.17 bits per heavy atom. The van der Waals surface area contributed by atoms with E-state index in [1.807, 2.05) is 24.1 Å². The number of allylic oxidation sites excluding steroid dienone is 3. The Morgan fingerprint density at radius 3 is 2.45 bits per heavy atom. The van der Waals surface area contributed by atoms with Gasteiger partial charge in [0.25, 0.3) is 0 Å². The highest BCUT2D eigenvalue weighted by Crippen LogP contribution is 2.39. The largest absolute Gasteiger partial charge is 0.573 e. The zero-order valence-electron chi connectivity index (χ0n) is 16.0. The van der Waals surface area contributed by atoms with Crippen LogP contribution >= 0.6 is 0 Å². The van der Waals surface area contributed by atoms with Crippen LogP contribution in [-0.2, 0) is 6.42 Å². The molecular formula is C23H19F3NO2. The lowest BCUT2D eigenvalue weighted by atomic mass is 9.88. The van der Waals surface area contributed by atoms with Gasteiger partial charge in [-0.25, -0.2) is 0 Å². The van der Waals surface area contributed by atoms with E-state index in [9.17, 15) is 18.0 Å². The van der Waals surface area contributed by atoms with Crippen LogP contribution in [0.1, 0.15) is 29.3 Å². The van der Waals surface area contributed by atoms with Crippen molar-refractivity contribution in [2.45, 2.75) is 26.1 Å². The van der Waals surface area contributed by atoms with E-state index in [2.05, 4.69) is 17.9 Å². The summed E-state index contributed by atoms with van der Waals surface area (Å²) in [7, 11) is 1.94. The number of fused-ring (bicyclic) bond motifs is 1. The van der Waals surface area contributed by atoms with Gasteiger partial charge in [-0.3, -0.25) is 4.79 Å². The first-order valence-electron chi connectivity index (χ1n) is 9.30. The van der Waals surface area contributed by atoms with Gasteiger partial charge in [-0.1, -0.05) is 25.1 Å². The maximum absolute atomic E-state index is 12.6. The van der Waals surface area contributed by atoms with Crippen molar-refractivity contribution < 1.29 is 22.7 Å². The van der Waals surface area contributed by atoms with E-state index in [0.29, 0.717) is 11.1 Å². The predicted molar refractivity (Wildman–Crippen MR) is 106 cm³/mol. The number of anilines is 1. The molecule has 4 rings (SSSR count). The van der Waals surface area contributed by atoms with Crippen LogP contribution in [0.25, 0.3) is 11.1 Å². The molecule has 1 aliphatic carbocycles. The molecule has 3 nitrogen and oxygen atoms in total. The number of Topliss-reactive ketones (excluding diaryl/α,β-unsaturated/α-hetero) is 1. The van der Waals surface area contributed by atoms with Gasteiger partial charge in [0.15, 0.2) is 5.78 Å². The molecule has 2 aliphatic rings. The highest BCUT2D eigenvalue weighted by atomic mass is 19.4. The third-order valence-corrected chi connectivity index (χ3v) is 5.10. The van der Waals surface area contributed by atoms with Crippen molar-refractivity contribution in [1.29, 1.82) is 0 Å². The fourth-order valence-electron chi connectivity index (χ4n) is 3.57. The molecule has 6 heteroatoms. The lowest BCUT2D eigenvalue weighted by molar-refractivity contribution is -0.274. The summed E-state index contributed by atoms with van der Waals surface area (Å²) in [6.07, 6.45) is 2.50. The van der Waals surface area contributed by atoms with Crippen molar-refractivity contribution in [2.75, 3.05) is 11.9 Å². The second-order valence-corrected chi connectivity index (χ2v) is 7.14. The Kier molecular flexibility index (Phi) is 4.73. The first kappa shape index (κ1) is 19.3. The molecule has 0 saturated carbocycles. The average Bonchev–Trinajstić information content (AvgIpc) is 3.51. The first-order chi connectivity index (χ1) is 13.7. The molecular weight excluding hydrogens is 379 g/mol. The molecule has 0 N–H and O–H groups in total. The summed E-state index contributed by atoms with van der Waals surface area (Å²) >= 11 is 0. The molecule has 0 unspecified atom stereocenters. The lowest BCUT2D eigenvalue weighted by Gasteiger charge is -2.28. The number of ether oxygens (including phenoxy) is 1. The van der Waals surface area contributed by atoms with Gasteiger partial charge in [0.2, 0.25) is 0 Å². The van der Waals surface area contributed by atoms with Crippen LogP contribution in [0.5, 0.6) is 5.75 Å². The molecule has 0 fully saturated rings. The smallest absolute Gasteiger partial charge is 0.406 e. The third-order valence-electron chi connectivity index (χ3n) is 5.10. The maximum Gasteiger partial charge on any atom is 0.573 e. The van der Waals surface area contributed by atoms with E-state index < -0.39 is 6.36 Å². The minimum Gasteiger partial charge on any atom is -0.406 e. The Balaban J connectivity index is 1.79. The zero-order valence-corrected chi connectivity index (χ0v) is 16.0. The quantitative estimate of drug-likeness (QED) is 0.591. The summed E-state index contributed by atoms with van der Waals surface area (Å²) in [5.41, 5.74) is 6.06. The number of benzene rings is 2. The van der Waals surface area contributed by atoms with Crippen LogP contribution in [0.15, 0.2) is 59.8 Å². The average molecular weight is 398 g/mol. The van der Waals surface area contributed by atoms with Crippen LogP contribution in [-0.4, -0.2) is 19.2 Å². The Bertz CT molecular complexity index is 1030. The minimum atomic E-state index is -4.73. The molecule has 0 spiro atoms. The van der Waals surface area contributed by atoms with E-state index in [-0.39, 0.29) is 11.5 Å². The van der Waals surface area contributed by atoms with Crippen LogP contribution in [0.3, 0.4) is 0 Å². The van der Waals surface area contributed by atoms with Gasteiger partial charge in [-0.15, -0.1) is 13.2 Å². The Hall–Kier alpha value is -3.02. The van der Waals surface area contributed by atoms with Crippen LogP contribution in [0, 0.1) is 6.42 Å². The van der Waals surface area contributed by atoms with Crippen molar-refractivity contribution in [1.82, 2.24) is 0 Å². The normalized spacial score (nSPS) is 15.4. The van der Waals surface area contributed by atoms with Crippen molar-refractivity contribution >= 4 is 11.5 Å². The number of carbonyl (C=O) groups is 1. The monoisotopic (exact) mass is 398 g/mol. The van der Waals surface area contributed by atoms with Crippen LogP contribution in [0.2, 0.25) is 0 Å². The molecule has 2 aromatic carbocycles. The van der Waals surface area contributed by atoms with Gasteiger partial charge < -0.3 is 9.64 Å². The maximum atomic E-state index is 12.6. The number of ketones is 1. The molecule has 1 aliphatic heterocycles. The summed E-state index contributed by atoms with van der Waals surface area (Å²) in [6, 6.07) is 9.50. The predicted octanol–water partition coefficient (Wildman–Crippen LogP) is 5.87. The molecule has 1 heterocycles. The second kappa shape index (κ2) is 7.10. The minimum absolute atomic E-state index is 0.0512. The summed E-state index contributed by atoms with van der Waals surface area (Å²) in [6.45, 7) is 2.08. The summed E-state index contributed by atoms with van der Waals surface area (Å²) in [5.74, 6) is -0.323. The standard InChI is InChI=1S/C23H19F3NO2/c1-3-14-10-20-19(15-6-8-18(9-7-15)29-23(24,25)26)11-17(22(28)16-4-5-16)12-21(20)27(2)13-14/h4-9,11-13H,3,10H2,1-2H3. The molecule has 2 aromatic rings. The topological polar surface area (TPSA) is 29.5 Å². The number of hydrogen-bond acceptors (Lipinski definition) is 3. The van der Waals surface area contributed by atoms with E-state index in [1.165, 1.54) is 17.7 Å². The molecule has 0 aromatic heterocycles. The fourth-order valence-corrected chi connectivity index (χ4v) is 3.57. The van der Waals surface area contributed by atoms with Crippen molar-refractivity contribution in [3.8, 4) is 16.9 Å². The van der Waals surface area contributed by atoms with E-state index in [4.69, 9.17) is 0 Å². The van der Waals surface area contributed by atoms with Crippen molar-refractivity contribution in [2.24, 2.45) is 0 Å². The van der Waals surface area contributed by atoms with Gasteiger partial charge in [-0.05, 0) is 59.4 Å². The molecule has 0 saturated heterocycles. The Labute approximate surface area is 167 Å². The molecule has 0 bridgehead atoms. The Morgan fingerprint density at radius 2 is 1.86 bits per heavy atom. The number of rotatable bonds is 5. The number of alkyl halides is 3. The first-order valence-corrected chi connectivity index (χ1v) is 9.30. The molecule has 0 amide bonds. The molecule has 29 heavy (non-hydrogen) atoms. The summed E-state index contributed by atoms with van der Waals surface area (Å²) in [5, 5.41) is 0. The van der Waals surface area contributed by atoms with Gasteiger partial charge in [0.05, 0.1) is 0 Å². The van der Waals surface area contributed by atoms with Crippen LogP contribution in [0.4, 0.5) is 18.9 Å². The molecule has 149 valence electrons. The number of halogens is 3. The van der Waals surface area contributed by atoms with E-state index in [0.717, 1.165) is 35.2 Å². The number of hydrogen-bond donors (Lipinski definition) is 0. The lowest BCUT2D eigenvalue weighted by Crippen LogP contribution is -2.19. The van der Waals surface area contributed by atoms with E-state index in [1.54, 1.807) is 24.6 Å². The van der Waals surface area contributed by atoms with Crippen molar-refractivity contribution in [3.05, 3.63) is 77.4 Å². The van der Waals surface area contributed by atoms with E-state index >= 15 is 0 Å². The highest BCUT2D eigenvalue weighted by Gasteiger charge is 2.31. The fraction of sp³-hybridized carbons (Fsp3) is 0.217.